The number of piperidine rings is 1. The monoisotopic (exact) mass is 565 g/mol. The third kappa shape index (κ3) is 6.48. The van der Waals surface area contributed by atoms with Gasteiger partial charge < -0.3 is 20.2 Å². The van der Waals surface area contributed by atoms with Gasteiger partial charge in [-0.1, -0.05) is 32.6 Å². The second-order valence-electron chi connectivity index (χ2n) is 14.4. The zero-order valence-electron chi connectivity index (χ0n) is 25.4. The van der Waals surface area contributed by atoms with Crippen LogP contribution in [-0.2, 0) is 4.79 Å². The molecule has 6 heteroatoms. The van der Waals surface area contributed by atoms with E-state index in [1.807, 2.05) is 0 Å². The maximum Gasteiger partial charge on any atom is 0.326 e. The predicted molar refractivity (Wildman–Crippen MR) is 163 cm³/mol. The lowest BCUT2D eigenvalue weighted by Gasteiger charge is -2.46. The molecule has 41 heavy (non-hydrogen) atoms. The van der Waals surface area contributed by atoms with Gasteiger partial charge in [0.1, 0.15) is 12.2 Å². The van der Waals surface area contributed by atoms with Crippen LogP contribution < -0.4 is 5.32 Å². The van der Waals surface area contributed by atoms with Crippen molar-refractivity contribution in [3.63, 3.8) is 0 Å². The molecule has 1 saturated heterocycles. The summed E-state index contributed by atoms with van der Waals surface area (Å²) in [6.45, 7) is 13.7. The second kappa shape index (κ2) is 12.3. The summed E-state index contributed by atoms with van der Waals surface area (Å²) in [5.41, 5.74) is 6.60. The van der Waals surface area contributed by atoms with Crippen molar-refractivity contribution in [2.24, 2.45) is 29.6 Å². The van der Waals surface area contributed by atoms with Crippen LogP contribution in [0.15, 0.2) is 46.8 Å². The molecule has 6 rings (SSSR count). The van der Waals surface area contributed by atoms with Crippen molar-refractivity contribution in [1.82, 2.24) is 15.1 Å². The topological polar surface area (TPSA) is 55.8 Å². The smallest absolute Gasteiger partial charge is 0.326 e. The average molecular weight is 566 g/mol. The minimum absolute atomic E-state index is 0.456. The molecule has 226 valence electrons. The van der Waals surface area contributed by atoms with E-state index in [0.29, 0.717) is 43.1 Å². The standard InChI is InChI=1S/C35H52FN3O2/c1-22(2)18-26-19-31(25-6-8-28(36)9-7-25)32(24-4-5-24)20-27(26)21-38-15-12-29(13-16-38)39-17-14-33-30(23(39)3)10-11-34(37-33)35(40)41/h6,19,22,24,26-29,32,34,37H,3-5,7-18,20-21H2,1-2H3,(H,40,41)/t26-,27?,28-,32+,34+/m0/s1. The van der Waals surface area contributed by atoms with Gasteiger partial charge in [-0.25, -0.2) is 9.18 Å². The van der Waals surface area contributed by atoms with Crippen molar-refractivity contribution in [3.05, 3.63) is 46.8 Å². The van der Waals surface area contributed by atoms with Crippen LogP contribution in [0.1, 0.15) is 90.9 Å². The van der Waals surface area contributed by atoms with Crippen LogP contribution in [0.3, 0.4) is 0 Å². The highest BCUT2D eigenvalue weighted by Gasteiger charge is 2.42. The van der Waals surface area contributed by atoms with Crippen LogP contribution in [0.25, 0.3) is 0 Å². The van der Waals surface area contributed by atoms with Crippen molar-refractivity contribution in [2.45, 2.75) is 109 Å². The van der Waals surface area contributed by atoms with Gasteiger partial charge in [-0.05, 0) is 117 Å². The van der Waals surface area contributed by atoms with E-state index in [1.165, 1.54) is 56.2 Å². The lowest BCUT2D eigenvalue weighted by Crippen LogP contribution is -2.50. The Hall–Kier alpha value is -2.08. The summed E-state index contributed by atoms with van der Waals surface area (Å²) < 4.78 is 13.9. The SMILES string of the molecule is C=C1C2=C(CCN1C1CCN(CC3C[C@H](C4CC4)C(C4=CC[C@H](F)CC4)=C[C@@H]3CC(C)C)CC1)N[C@@H](C(=O)O)CC2. The van der Waals surface area contributed by atoms with Gasteiger partial charge in [0.2, 0.25) is 0 Å². The minimum atomic E-state index is -0.748. The number of aliphatic carboxylic acids is 1. The molecule has 0 spiro atoms. The first-order valence-corrected chi connectivity index (χ1v) is 16.7. The number of hydrogen-bond acceptors (Lipinski definition) is 4. The van der Waals surface area contributed by atoms with Crippen molar-refractivity contribution in [3.8, 4) is 0 Å². The Balaban J connectivity index is 1.09. The van der Waals surface area contributed by atoms with Gasteiger partial charge in [0.05, 0.1) is 0 Å². The molecular formula is C35H52FN3O2. The average Bonchev–Trinajstić information content (AvgIpc) is 3.80. The van der Waals surface area contributed by atoms with Crippen molar-refractivity contribution >= 4 is 5.97 Å². The Labute approximate surface area is 247 Å². The number of halogens is 1. The molecule has 2 fully saturated rings. The molecular weight excluding hydrogens is 513 g/mol. The molecule has 2 N–H and O–H groups in total. The summed E-state index contributed by atoms with van der Waals surface area (Å²) in [6.07, 6.45) is 16.6. The molecule has 1 saturated carbocycles. The summed E-state index contributed by atoms with van der Waals surface area (Å²) in [7, 11) is 0. The normalized spacial score (nSPS) is 33.8. The second-order valence-corrected chi connectivity index (χ2v) is 14.4. The van der Waals surface area contributed by atoms with Crippen LogP contribution >= 0.6 is 0 Å². The van der Waals surface area contributed by atoms with Gasteiger partial charge in [0.25, 0.3) is 0 Å². The van der Waals surface area contributed by atoms with Gasteiger partial charge >= 0.3 is 5.97 Å². The van der Waals surface area contributed by atoms with Crippen LogP contribution in [0.5, 0.6) is 0 Å². The highest BCUT2D eigenvalue weighted by Crippen LogP contribution is 2.51. The van der Waals surface area contributed by atoms with Crippen LogP contribution in [0.4, 0.5) is 4.39 Å². The molecule has 0 radical (unpaired) electrons. The number of allylic oxidation sites excluding steroid dienone is 5. The molecule has 6 aliphatic rings. The Morgan fingerprint density at radius 2 is 1.88 bits per heavy atom. The number of rotatable bonds is 8. The Morgan fingerprint density at radius 3 is 2.54 bits per heavy atom. The number of likely N-dealkylation sites (tertiary alicyclic amines) is 1. The number of carboxylic acids is 1. The van der Waals surface area contributed by atoms with Crippen molar-refractivity contribution < 1.29 is 14.3 Å². The molecule has 0 aromatic rings. The highest BCUT2D eigenvalue weighted by atomic mass is 19.1. The fourth-order valence-electron chi connectivity index (χ4n) is 8.71. The van der Waals surface area contributed by atoms with Gasteiger partial charge in [-0.3, -0.25) is 0 Å². The molecule has 0 aromatic carbocycles. The van der Waals surface area contributed by atoms with Crippen molar-refractivity contribution in [2.75, 3.05) is 26.2 Å². The third-order valence-corrected chi connectivity index (χ3v) is 11.1. The molecule has 0 bridgehead atoms. The molecule has 5 atom stereocenters. The van der Waals surface area contributed by atoms with E-state index in [9.17, 15) is 14.3 Å². The summed E-state index contributed by atoms with van der Waals surface area (Å²) in [5.74, 6) is 2.82. The number of carboxylic acid groups (broad SMARTS) is 1. The van der Waals surface area contributed by atoms with E-state index < -0.39 is 18.2 Å². The first kappa shape index (κ1) is 29.0. The minimum Gasteiger partial charge on any atom is -0.480 e. The number of carbonyl (C=O) groups is 1. The maximum atomic E-state index is 13.9. The quantitative estimate of drug-likeness (QED) is 0.337. The third-order valence-electron chi connectivity index (χ3n) is 11.1. The molecule has 3 heterocycles. The van der Waals surface area contributed by atoms with Gasteiger partial charge in [-0.2, -0.15) is 0 Å². The van der Waals surface area contributed by atoms with E-state index >= 15 is 0 Å². The summed E-state index contributed by atoms with van der Waals surface area (Å²) in [4.78, 5) is 16.8. The van der Waals surface area contributed by atoms with Crippen LogP contribution in [-0.4, -0.2) is 65.3 Å². The molecule has 0 aromatic heterocycles. The van der Waals surface area contributed by atoms with Crippen LogP contribution in [0.2, 0.25) is 0 Å². The molecule has 0 amide bonds. The fraction of sp³-hybridized carbons (Fsp3) is 0.743. The van der Waals surface area contributed by atoms with E-state index in [0.717, 1.165) is 62.1 Å². The van der Waals surface area contributed by atoms with Gasteiger partial charge in [0, 0.05) is 50.0 Å². The Bertz CT molecular complexity index is 1100. The Kier molecular flexibility index (Phi) is 8.68. The van der Waals surface area contributed by atoms with E-state index in [1.54, 1.807) is 5.57 Å². The molecule has 5 nitrogen and oxygen atoms in total. The first-order chi connectivity index (χ1) is 19.8. The largest absolute Gasteiger partial charge is 0.480 e. The number of nitrogens with one attached hydrogen (secondary N) is 1. The molecule has 3 aliphatic carbocycles. The van der Waals surface area contributed by atoms with Gasteiger partial charge in [-0.15, -0.1) is 0 Å². The lowest BCUT2D eigenvalue weighted by atomic mass is 9.68. The zero-order chi connectivity index (χ0) is 28.7. The zero-order valence-corrected chi connectivity index (χ0v) is 25.4. The van der Waals surface area contributed by atoms with E-state index in [2.05, 4.69) is 47.7 Å². The first-order valence-electron chi connectivity index (χ1n) is 16.7. The summed E-state index contributed by atoms with van der Waals surface area (Å²) in [5, 5.41) is 12.7. The molecule has 1 unspecified atom stereocenters. The lowest BCUT2D eigenvalue weighted by molar-refractivity contribution is -0.139. The number of nitrogens with zero attached hydrogens (tertiary/aromatic N) is 2. The number of hydrogen-bond donors (Lipinski definition) is 2. The summed E-state index contributed by atoms with van der Waals surface area (Å²) >= 11 is 0. The van der Waals surface area contributed by atoms with E-state index in [-0.39, 0.29) is 0 Å². The van der Waals surface area contributed by atoms with E-state index in [4.69, 9.17) is 0 Å². The fourth-order valence-corrected chi connectivity index (χ4v) is 8.71. The highest BCUT2D eigenvalue weighted by molar-refractivity contribution is 5.74. The van der Waals surface area contributed by atoms with Crippen LogP contribution in [0, 0.1) is 29.6 Å². The summed E-state index contributed by atoms with van der Waals surface area (Å²) in [6, 6.07) is 0.0778. The predicted octanol–water partition coefficient (Wildman–Crippen LogP) is 6.84. The Morgan fingerprint density at radius 1 is 1.10 bits per heavy atom. The van der Waals surface area contributed by atoms with Crippen molar-refractivity contribution in [1.29, 1.82) is 0 Å². The molecule has 3 aliphatic heterocycles. The number of alkyl halides is 1. The van der Waals surface area contributed by atoms with Gasteiger partial charge in [0.15, 0.2) is 0 Å². The maximum absolute atomic E-state index is 13.9.